The van der Waals surface area contributed by atoms with Crippen molar-refractivity contribution in [3.05, 3.63) is 71.8 Å². The molecular formula is C20H21NO5. The number of likely N-dealkylation sites (tertiary alicyclic amines) is 1. The summed E-state index contributed by atoms with van der Waals surface area (Å²) in [4.78, 5) is 25.4. The number of ether oxygens (including phenoxy) is 1. The fraction of sp³-hybridized carbons (Fsp3) is 0.300. The zero-order valence-corrected chi connectivity index (χ0v) is 14.6. The van der Waals surface area contributed by atoms with Crippen molar-refractivity contribution in [3.8, 4) is 0 Å². The van der Waals surface area contributed by atoms with Gasteiger partial charge in [-0.05, 0) is 11.1 Å². The Kier molecular flexibility index (Phi) is 4.80. The summed E-state index contributed by atoms with van der Waals surface area (Å²) in [6, 6.07) is 17.4. The molecule has 2 N–H and O–H groups in total. The highest BCUT2D eigenvalue weighted by Gasteiger charge is 2.62. The molecule has 1 amide bonds. The van der Waals surface area contributed by atoms with Crippen molar-refractivity contribution in [1.29, 1.82) is 0 Å². The minimum Gasteiger partial charge on any atom is -0.452 e. The molecule has 136 valence electrons. The largest absolute Gasteiger partial charge is 0.452 e. The zero-order valence-electron chi connectivity index (χ0n) is 14.6. The SMILES string of the molecule is CC(=O)O[C@@H]1C(=O)N(C)[C@@](O)([C@@H](O)c2ccccc2)[C@H]1c1ccccc1. The summed E-state index contributed by atoms with van der Waals surface area (Å²) < 4.78 is 5.24. The van der Waals surface area contributed by atoms with Gasteiger partial charge in [0, 0.05) is 14.0 Å². The van der Waals surface area contributed by atoms with E-state index in [0.29, 0.717) is 11.1 Å². The van der Waals surface area contributed by atoms with Crippen LogP contribution >= 0.6 is 0 Å². The highest BCUT2D eigenvalue weighted by Crippen LogP contribution is 2.48. The maximum Gasteiger partial charge on any atom is 0.303 e. The van der Waals surface area contributed by atoms with Gasteiger partial charge in [0.2, 0.25) is 0 Å². The van der Waals surface area contributed by atoms with Crippen LogP contribution in [0.4, 0.5) is 0 Å². The van der Waals surface area contributed by atoms with Crippen molar-refractivity contribution >= 4 is 11.9 Å². The molecule has 0 aliphatic carbocycles. The second kappa shape index (κ2) is 6.90. The number of hydrogen-bond acceptors (Lipinski definition) is 5. The molecule has 0 spiro atoms. The molecule has 1 heterocycles. The Balaban J connectivity index is 2.13. The van der Waals surface area contributed by atoms with Crippen molar-refractivity contribution in [2.24, 2.45) is 0 Å². The predicted molar refractivity (Wildman–Crippen MR) is 93.9 cm³/mol. The van der Waals surface area contributed by atoms with Gasteiger partial charge >= 0.3 is 5.97 Å². The molecule has 3 rings (SSSR count). The van der Waals surface area contributed by atoms with Gasteiger partial charge in [0.25, 0.3) is 5.91 Å². The monoisotopic (exact) mass is 355 g/mol. The number of likely N-dealkylation sites (N-methyl/N-ethyl adjacent to an activating group) is 1. The molecule has 1 saturated heterocycles. The van der Waals surface area contributed by atoms with Crippen LogP contribution in [0.3, 0.4) is 0 Å². The Labute approximate surface area is 151 Å². The minimum atomic E-state index is -1.97. The predicted octanol–water partition coefficient (Wildman–Crippen LogP) is 1.60. The highest BCUT2D eigenvalue weighted by molar-refractivity contribution is 5.88. The number of esters is 1. The van der Waals surface area contributed by atoms with Gasteiger partial charge < -0.3 is 19.8 Å². The number of aliphatic hydroxyl groups is 2. The van der Waals surface area contributed by atoms with E-state index in [0.717, 1.165) is 4.90 Å². The minimum absolute atomic E-state index is 0.457. The molecule has 6 nitrogen and oxygen atoms in total. The lowest BCUT2D eigenvalue weighted by Gasteiger charge is -2.39. The smallest absolute Gasteiger partial charge is 0.303 e. The molecule has 0 bridgehead atoms. The van der Waals surface area contributed by atoms with Crippen LogP contribution in [-0.2, 0) is 14.3 Å². The van der Waals surface area contributed by atoms with E-state index < -0.39 is 35.7 Å². The van der Waals surface area contributed by atoms with Crippen molar-refractivity contribution in [2.45, 2.75) is 30.8 Å². The highest BCUT2D eigenvalue weighted by atomic mass is 16.6. The standard InChI is InChI=1S/C20H21NO5/c1-13(22)26-17-16(14-9-5-3-6-10-14)20(25,21(2)19(17)24)18(23)15-11-7-4-8-12-15/h3-12,16-18,23,25H,1-2H3/t16-,17-,18-,20-/m0/s1. The number of nitrogens with zero attached hydrogens (tertiary/aromatic N) is 1. The Morgan fingerprint density at radius 3 is 2.19 bits per heavy atom. The first kappa shape index (κ1) is 18.1. The summed E-state index contributed by atoms with van der Waals surface area (Å²) in [5.41, 5.74) is -0.923. The van der Waals surface area contributed by atoms with Crippen LogP contribution in [-0.4, -0.2) is 45.9 Å². The molecule has 0 unspecified atom stereocenters. The molecule has 1 aliphatic rings. The molecule has 26 heavy (non-hydrogen) atoms. The first-order valence-electron chi connectivity index (χ1n) is 8.32. The summed E-state index contributed by atoms with van der Waals surface area (Å²) in [6.07, 6.45) is -2.60. The average molecular weight is 355 g/mol. The summed E-state index contributed by atoms with van der Waals surface area (Å²) >= 11 is 0. The Morgan fingerprint density at radius 2 is 1.65 bits per heavy atom. The van der Waals surface area contributed by atoms with Gasteiger partial charge in [-0.25, -0.2) is 0 Å². The molecule has 0 radical (unpaired) electrons. The molecule has 0 aromatic heterocycles. The number of benzene rings is 2. The number of carbonyl (C=O) groups is 2. The maximum atomic E-state index is 12.8. The molecule has 0 saturated carbocycles. The summed E-state index contributed by atoms with van der Waals surface area (Å²) in [7, 11) is 1.40. The van der Waals surface area contributed by atoms with Crippen LogP contribution in [0.15, 0.2) is 60.7 Å². The van der Waals surface area contributed by atoms with E-state index in [4.69, 9.17) is 4.74 Å². The van der Waals surface area contributed by atoms with Crippen molar-refractivity contribution in [2.75, 3.05) is 7.05 Å². The average Bonchev–Trinajstić information content (AvgIpc) is 2.84. The molecule has 6 heteroatoms. The molecule has 2 aromatic carbocycles. The first-order valence-corrected chi connectivity index (χ1v) is 8.32. The van der Waals surface area contributed by atoms with Gasteiger partial charge in [0.05, 0.1) is 5.92 Å². The van der Waals surface area contributed by atoms with Crippen LogP contribution in [0.25, 0.3) is 0 Å². The van der Waals surface area contributed by atoms with Crippen LogP contribution < -0.4 is 0 Å². The van der Waals surface area contributed by atoms with Gasteiger partial charge in [0.15, 0.2) is 11.8 Å². The van der Waals surface area contributed by atoms with Crippen LogP contribution in [0, 0.1) is 0 Å². The Hall–Kier alpha value is -2.70. The van der Waals surface area contributed by atoms with Crippen molar-refractivity contribution < 1.29 is 24.5 Å². The van der Waals surface area contributed by atoms with E-state index in [1.807, 2.05) is 0 Å². The second-order valence-electron chi connectivity index (χ2n) is 6.41. The lowest BCUT2D eigenvalue weighted by Crippen LogP contribution is -2.51. The molecule has 1 fully saturated rings. The number of rotatable bonds is 4. The fourth-order valence-electron chi connectivity index (χ4n) is 3.55. The number of amides is 1. The third-order valence-corrected chi connectivity index (χ3v) is 4.84. The molecule has 4 atom stereocenters. The number of carbonyl (C=O) groups excluding carboxylic acids is 2. The van der Waals surface area contributed by atoms with Crippen LogP contribution in [0.2, 0.25) is 0 Å². The second-order valence-corrected chi connectivity index (χ2v) is 6.41. The summed E-state index contributed by atoms with van der Waals surface area (Å²) in [5.74, 6) is -2.14. The third kappa shape index (κ3) is 2.87. The fourth-order valence-corrected chi connectivity index (χ4v) is 3.55. The third-order valence-electron chi connectivity index (χ3n) is 4.84. The Morgan fingerprint density at radius 1 is 1.12 bits per heavy atom. The van der Waals surface area contributed by atoms with E-state index in [2.05, 4.69) is 0 Å². The van der Waals surface area contributed by atoms with Crippen LogP contribution in [0.5, 0.6) is 0 Å². The molecular weight excluding hydrogens is 334 g/mol. The molecule has 2 aromatic rings. The first-order chi connectivity index (χ1) is 12.4. The van der Waals surface area contributed by atoms with E-state index in [9.17, 15) is 19.8 Å². The van der Waals surface area contributed by atoms with E-state index >= 15 is 0 Å². The number of aliphatic hydroxyl groups excluding tert-OH is 1. The maximum absolute atomic E-state index is 12.8. The topological polar surface area (TPSA) is 87.1 Å². The zero-order chi connectivity index (χ0) is 18.9. The van der Waals surface area contributed by atoms with Crippen molar-refractivity contribution in [1.82, 2.24) is 4.90 Å². The van der Waals surface area contributed by atoms with Gasteiger partial charge in [-0.3, -0.25) is 9.59 Å². The van der Waals surface area contributed by atoms with Gasteiger partial charge in [-0.1, -0.05) is 60.7 Å². The molecule has 1 aliphatic heterocycles. The number of hydrogen-bond donors (Lipinski definition) is 2. The van der Waals surface area contributed by atoms with Crippen LogP contribution in [0.1, 0.15) is 30.1 Å². The lowest BCUT2D eigenvalue weighted by molar-refractivity contribution is -0.174. The van der Waals surface area contributed by atoms with Gasteiger partial charge in [0.1, 0.15) is 6.10 Å². The lowest BCUT2D eigenvalue weighted by atomic mass is 9.81. The quantitative estimate of drug-likeness (QED) is 0.814. The summed E-state index contributed by atoms with van der Waals surface area (Å²) in [6.45, 7) is 1.21. The normalized spacial score (nSPS) is 26.6. The van der Waals surface area contributed by atoms with Gasteiger partial charge in [-0.2, -0.15) is 0 Å². The van der Waals surface area contributed by atoms with Crippen molar-refractivity contribution in [3.63, 3.8) is 0 Å². The Bertz CT molecular complexity index is 794. The summed E-state index contributed by atoms with van der Waals surface area (Å²) in [5, 5.41) is 22.5. The van der Waals surface area contributed by atoms with E-state index in [1.54, 1.807) is 60.7 Å². The van der Waals surface area contributed by atoms with Gasteiger partial charge in [-0.15, -0.1) is 0 Å². The van der Waals surface area contributed by atoms with E-state index in [1.165, 1.54) is 14.0 Å². The van der Waals surface area contributed by atoms with E-state index in [-0.39, 0.29) is 0 Å².